The maximum Gasteiger partial charge on any atom is 0.440 e. The molecule has 1 saturated heterocycles. The number of hydrogen-bond donors (Lipinski definition) is 2. The normalized spacial score (nSPS) is 21.3. The molecule has 1 aliphatic heterocycles. The predicted molar refractivity (Wildman–Crippen MR) is 74.2 cm³/mol. The smallest absolute Gasteiger partial charge is 0.440 e. The quantitative estimate of drug-likeness (QED) is 0.794. The molecule has 0 aromatic carbocycles. The first kappa shape index (κ1) is 17.8. The summed E-state index contributed by atoms with van der Waals surface area (Å²) in [4.78, 5) is 36.3. The molecule has 2 N–H and O–H groups in total. The Labute approximate surface area is 135 Å². The monoisotopic (exact) mass is 347 g/mol. The van der Waals surface area contributed by atoms with Gasteiger partial charge >= 0.3 is 12.2 Å². The highest BCUT2D eigenvalue weighted by Crippen LogP contribution is 2.34. The van der Waals surface area contributed by atoms with Crippen molar-refractivity contribution >= 4 is 17.8 Å². The van der Waals surface area contributed by atoms with Crippen molar-refractivity contribution < 1.29 is 32.0 Å². The topological polar surface area (TPSA) is 91.7 Å². The van der Waals surface area contributed by atoms with Crippen molar-refractivity contribution in [3.8, 4) is 0 Å². The zero-order chi connectivity index (χ0) is 18.1. The first-order valence-electron chi connectivity index (χ1n) is 7.11. The zero-order valence-electron chi connectivity index (χ0n) is 12.9. The lowest BCUT2D eigenvalue weighted by atomic mass is 10.1. The van der Waals surface area contributed by atoms with Crippen molar-refractivity contribution in [1.29, 1.82) is 0 Å². The molecule has 1 aliphatic rings. The molecule has 10 heteroatoms. The van der Waals surface area contributed by atoms with E-state index in [9.17, 15) is 27.6 Å². The van der Waals surface area contributed by atoms with Crippen LogP contribution < -0.4 is 10.6 Å². The molecule has 2 heterocycles. The van der Waals surface area contributed by atoms with Crippen molar-refractivity contribution in [3.05, 3.63) is 24.2 Å². The van der Waals surface area contributed by atoms with Gasteiger partial charge in [-0.15, -0.1) is 0 Å². The van der Waals surface area contributed by atoms with Crippen molar-refractivity contribution in [3.63, 3.8) is 0 Å². The number of imide groups is 1. The van der Waals surface area contributed by atoms with Gasteiger partial charge in [-0.3, -0.25) is 19.8 Å². The summed E-state index contributed by atoms with van der Waals surface area (Å²) in [7, 11) is 0. The van der Waals surface area contributed by atoms with Crippen LogP contribution in [0.1, 0.15) is 26.0 Å². The number of urea groups is 1. The Bertz CT molecular complexity index is 642. The third kappa shape index (κ3) is 3.22. The van der Waals surface area contributed by atoms with Crippen LogP contribution in [0.2, 0.25) is 0 Å². The molecule has 1 fully saturated rings. The fourth-order valence-electron chi connectivity index (χ4n) is 2.26. The highest BCUT2D eigenvalue weighted by Gasteiger charge is 2.68. The van der Waals surface area contributed by atoms with E-state index in [4.69, 9.17) is 4.42 Å². The van der Waals surface area contributed by atoms with E-state index >= 15 is 0 Å². The molecule has 0 spiro atoms. The van der Waals surface area contributed by atoms with Gasteiger partial charge in [-0.2, -0.15) is 13.2 Å². The largest absolute Gasteiger partial charge is 0.467 e. The minimum Gasteiger partial charge on any atom is -0.467 e. The van der Waals surface area contributed by atoms with Crippen LogP contribution in [0.15, 0.2) is 22.8 Å². The predicted octanol–water partition coefficient (Wildman–Crippen LogP) is 1.75. The summed E-state index contributed by atoms with van der Waals surface area (Å²) in [5.41, 5.74) is -3.47. The number of carbonyl (C=O) groups excluding carboxylic acids is 3. The number of rotatable bonds is 5. The standard InChI is InChI=1S/C14H16F3N3O4/c1-8(2)6-10(21)18-13(14(15,16)17)11(22)20(12(23)19-13)7-9-4-3-5-24-9/h3-5,8H,6-7H2,1-2H3,(H,18,21)(H,19,23). The number of furan rings is 1. The second-order valence-electron chi connectivity index (χ2n) is 5.79. The summed E-state index contributed by atoms with van der Waals surface area (Å²) < 4.78 is 45.4. The molecule has 0 aliphatic carbocycles. The van der Waals surface area contributed by atoms with Gasteiger partial charge in [0.2, 0.25) is 5.91 Å². The molecule has 24 heavy (non-hydrogen) atoms. The van der Waals surface area contributed by atoms with Crippen LogP contribution in [0.3, 0.4) is 0 Å². The van der Waals surface area contributed by atoms with Crippen molar-refractivity contribution in [2.45, 2.75) is 38.7 Å². The lowest BCUT2D eigenvalue weighted by Crippen LogP contribution is -2.69. The third-order valence-corrected chi connectivity index (χ3v) is 3.35. The first-order valence-corrected chi connectivity index (χ1v) is 7.11. The van der Waals surface area contributed by atoms with E-state index in [-0.39, 0.29) is 18.1 Å². The summed E-state index contributed by atoms with van der Waals surface area (Å²) in [6.07, 6.45) is -4.17. The number of hydrogen-bond acceptors (Lipinski definition) is 4. The average Bonchev–Trinajstić information content (AvgIpc) is 3.00. The van der Waals surface area contributed by atoms with Crippen LogP contribution >= 0.6 is 0 Å². The second-order valence-corrected chi connectivity index (χ2v) is 5.79. The van der Waals surface area contributed by atoms with E-state index in [1.54, 1.807) is 24.5 Å². The molecule has 1 aromatic rings. The third-order valence-electron chi connectivity index (χ3n) is 3.35. The van der Waals surface area contributed by atoms with Gasteiger partial charge in [0.25, 0.3) is 11.6 Å². The van der Waals surface area contributed by atoms with Crippen LogP contribution in [-0.2, 0) is 16.1 Å². The van der Waals surface area contributed by atoms with Crippen molar-refractivity contribution in [1.82, 2.24) is 15.5 Å². The molecule has 7 nitrogen and oxygen atoms in total. The van der Waals surface area contributed by atoms with E-state index in [0.717, 1.165) is 0 Å². The summed E-state index contributed by atoms with van der Waals surface area (Å²) >= 11 is 0. The molecule has 1 unspecified atom stereocenters. The number of nitrogens with zero attached hydrogens (tertiary/aromatic N) is 1. The summed E-state index contributed by atoms with van der Waals surface area (Å²) in [6, 6.07) is 1.61. The van der Waals surface area contributed by atoms with Gasteiger partial charge < -0.3 is 9.73 Å². The Kier molecular flexibility index (Phi) is 4.59. The Morgan fingerprint density at radius 3 is 2.58 bits per heavy atom. The molecular weight excluding hydrogens is 331 g/mol. The van der Waals surface area contributed by atoms with E-state index < -0.39 is 36.2 Å². The van der Waals surface area contributed by atoms with E-state index in [1.165, 1.54) is 18.4 Å². The van der Waals surface area contributed by atoms with E-state index in [0.29, 0.717) is 4.90 Å². The second kappa shape index (κ2) is 6.17. The number of halogens is 3. The van der Waals surface area contributed by atoms with E-state index in [2.05, 4.69) is 0 Å². The Morgan fingerprint density at radius 1 is 1.42 bits per heavy atom. The lowest BCUT2D eigenvalue weighted by molar-refractivity contribution is -0.204. The lowest BCUT2D eigenvalue weighted by Gasteiger charge is -2.30. The number of alkyl halides is 3. The fourth-order valence-corrected chi connectivity index (χ4v) is 2.26. The molecule has 0 saturated carbocycles. The number of carbonyl (C=O) groups is 3. The Balaban J connectivity index is 2.29. The molecular formula is C14H16F3N3O4. The summed E-state index contributed by atoms with van der Waals surface area (Å²) in [6.45, 7) is 2.80. The van der Waals surface area contributed by atoms with Gasteiger partial charge in [0, 0.05) is 6.42 Å². The van der Waals surface area contributed by atoms with Gasteiger partial charge in [0.05, 0.1) is 12.8 Å². The maximum absolute atomic E-state index is 13.5. The van der Waals surface area contributed by atoms with Gasteiger partial charge in [-0.25, -0.2) is 4.79 Å². The number of nitrogens with one attached hydrogen (secondary N) is 2. The average molecular weight is 347 g/mol. The van der Waals surface area contributed by atoms with Crippen LogP contribution in [0.5, 0.6) is 0 Å². The summed E-state index contributed by atoms with van der Waals surface area (Å²) in [5.74, 6) is -2.68. The van der Waals surface area contributed by atoms with E-state index in [1.807, 2.05) is 0 Å². The van der Waals surface area contributed by atoms with Crippen molar-refractivity contribution in [2.75, 3.05) is 0 Å². The van der Waals surface area contributed by atoms with Crippen LogP contribution in [0, 0.1) is 5.92 Å². The number of amides is 4. The fraction of sp³-hybridized carbons (Fsp3) is 0.500. The minimum atomic E-state index is -5.20. The minimum absolute atomic E-state index is 0.130. The van der Waals surface area contributed by atoms with Gasteiger partial charge in [0.15, 0.2) is 0 Å². The maximum atomic E-state index is 13.5. The van der Waals surface area contributed by atoms with Gasteiger partial charge in [-0.1, -0.05) is 13.8 Å². The van der Waals surface area contributed by atoms with Crippen LogP contribution in [0.25, 0.3) is 0 Å². The van der Waals surface area contributed by atoms with Crippen LogP contribution in [0.4, 0.5) is 18.0 Å². The Morgan fingerprint density at radius 2 is 2.08 bits per heavy atom. The molecule has 4 amide bonds. The highest BCUT2D eigenvalue weighted by atomic mass is 19.4. The van der Waals surface area contributed by atoms with Crippen LogP contribution in [-0.4, -0.2) is 34.6 Å². The molecule has 1 aromatic heterocycles. The molecule has 2 rings (SSSR count). The zero-order valence-corrected chi connectivity index (χ0v) is 12.9. The highest BCUT2D eigenvalue weighted by molar-refractivity contribution is 6.08. The first-order chi connectivity index (χ1) is 11.1. The van der Waals surface area contributed by atoms with Gasteiger partial charge in [0.1, 0.15) is 5.76 Å². The molecule has 0 radical (unpaired) electrons. The molecule has 0 bridgehead atoms. The summed E-state index contributed by atoms with van der Waals surface area (Å²) in [5, 5.41) is 3.20. The van der Waals surface area contributed by atoms with Gasteiger partial charge in [-0.05, 0) is 18.1 Å². The molecule has 1 atom stereocenters. The Hall–Kier alpha value is -2.52. The SMILES string of the molecule is CC(C)CC(=O)NC1(C(F)(F)F)NC(=O)N(Cc2ccco2)C1=O. The van der Waals surface area contributed by atoms with Crippen molar-refractivity contribution in [2.24, 2.45) is 5.92 Å². The molecule has 132 valence electrons.